The van der Waals surface area contributed by atoms with Crippen molar-refractivity contribution >= 4 is 26.0 Å². The molecule has 0 bridgehead atoms. The molecule has 0 aromatic rings. The fourth-order valence-electron chi connectivity index (χ4n) is 4.06. The van der Waals surface area contributed by atoms with Gasteiger partial charge in [-0.05, 0) is 25.3 Å². The van der Waals surface area contributed by atoms with Gasteiger partial charge in [-0.15, -0.1) is 0 Å². The third-order valence-corrected chi connectivity index (χ3v) is 7.57. The maximum absolute atomic E-state index is 12.3. The van der Waals surface area contributed by atoms with Crippen LogP contribution in [0.1, 0.15) is 116 Å². The summed E-state index contributed by atoms with van der Waals surface area (Å²) >= 11 is 0. The van der Waals surface area contributed by atoms with E-state index >= 15 is 0 Å². The van der Waals surface area contributed by atoms with Crippen LogP contribution in [-0.4, -0.2) is 76.3 Å². The van der Waals surface area contributed by atoms with E-state index in [2.05, 4.69) is 6.92 Å². The summed E-state index contributed by atoms with van der Waals surface area (Å²) in [5.74, 6) is -1.01. The van der Waals surface area contributed by atoms with E-state index < -0.39 is 32.5 Å². The van der Waals surface area contributed by atoms with E-state index in [-0.39, 0.29) is 26.1 Å². The van der Waals surface area contributed by atoms with Crippen molar-refractivity contribution in [2.45, 2.75) is 122 Å². The number of nitrogens with zero attached hydrogens (tertiary/aromatic N) is 1. The van der Waals surface area contributed by atoms with Gasteiger partial charge in [0.15, 0.2) is 6.10 Å². The Bertz CT molecular complexity index is 783. The van der Waals surface area contributed by atoms with Crippen LogP contribution in [0.2, 0.25) is 0 Å². The second kappa shape index (κ2) is 25.9. The maximum Gasteiger partial charge on any atom is 0.306 e. The number of unbranched alkanes of at least 4 members (excludes halogenated alkanes) is 13. The number of likely N-dealkylation sites (N-methyl/N-ethyl adjacent to an activating group) is 1. The number of rotatable bonds is 29. The number of phosphoric ester groups is 1. The van der Waals surface area contributed by atoms with Crippen molar-refractivity contribution in [3.8, 4) is 0 Å². The van der Waals surface area contributed by atoms with Crippen LogP contribution in [-0.2, 0) is 37.5 Å². The van der Waals surface area contributed by atoms with Crippen molar-refractivity contribution in [1.82, 2.24) is 0 Å². The molecule has 1 unspecified atom stereocenters. The minimum Gasteiger partial charge on any atom is -0.756 e. The lowest BCUT2D eigenvalue weighted by Crippen LogP contribution is -2.37. The summed E-state index contributed by atoms with van der Waals surface area (Å²) in [4.78, 5) is 47.0. The van der Waals surface area contributed by atoms with Crippen LogP contribution < -0.4 is 4.89 Å². The molecule has 0 rings (SSSR count). The highest BCUT2D eigenvalue weighted by Crippen LogP contribution is 2.38. The number of esters is 2. The Balaban J connectivity index is 4.38. The van der Waals surface area contributed by atoms with Gasteiger partial charge in [-0.2, -0.15) is 0 Å². The van der Waals surface area contributed by atoms with Crippen LogP contribution >= 0.6 is 7.82 Å². The molecule has 0 N–H and O–H groups in total. The molecule has 0 radical (unpaired) electrons. The zero-order chi connectivity index (χ0) is 31.5. The Hall–Kier alpha value is -1.58. The summed E-state index contributed by atoms with van der Waals surface area (Å²) in [5, 5.41) is 0. The van der Waals surface area contributed by atoms with Gasteiger partial charge < -0.3 is 27.9 Å². The fourth-order valence-corrected chi connectivity index (χ4v) is 4.79. The van der Waals surface area contributed by atoms with Gasteiger partial charge in [0.05, 0.1) is 27.7 Å². The minimum atomic E-state index is -4.64. The lowest BCUT2D eigenvalue weighted by Gasteiger charge is -2.28. The Labute approximate surface area is 254 Å². The number of ether oxygens (including phenoxy) is 2. The van der Waals surface area contributed by atoms with Gasteiger partial charge in [0.1, 0.15) is 26.0 Å². The summed E-state index contributed by atoms with van der Waals surface area (Å²) in [6, 6.07) is 0. The molecule has 0 heterocycles. The van der Waals surface area contributed by atoms with E-state index in [4.69, 9.17) is 18.5 Å². The van der Waals surface area contributed by atoms with Crippen LogP contribution in [0.15, 0.2) is 12.2 Å². The zero-order valence-corrected chi connectivity index (χ0v) is 27.6. The van der Waals surface area contributed by atoms with Gasteiger partial charge in [0, 0.05) is 12.8 Å². The van der Waals surface area contributed by atoms with E-state index in [1.807, 2.05) is 21.1 Å². The first-order valence-electron chi connectivity index (χ1n) is 15.8. The summed E-state index contributed by atoms with van der Waals surface area (Å²) in [6.07, 6.45) is 19.5. The Kier molecular flexibility index (Phi) is 24.9. The number of allylic oxidation sites excluding steroid dienone is 2. The highest BCUT2D eigenvalue weighted by Gasteiger charge is 2.21. The van der Waals surface area contributed by atoms with Gasteiger partial charge in [0.2, 0.25) is 0 Å². The third-order valence-electron chi connectivity index (χ3n) is 6.61. The maximum atomic E-state index is 12.3. The minimum absolute atomic E-state index is 0.0572. The first-order chi connectivity index (χ1) is 20.0. The Morgan fingerprint density at radius 3 is 1.88 bits per heavy atom. The van der Waals surface area contributed by atoms with Crippen molar-refractivity contribution in [2.75, 3.05) is 47.5 Å². The number of carbonyl (C=O) groups is 3. The first-order valence-corrected chi connectivity index (χ1v) is 17.3. The SMILES string of the molecule is CCCCCCCCCCCCCCCC(=O)OC[C@H](COP(=O)([O-])OCC[N+](C)(C)C)OC(=O)CCC/C=C/C=O. The molecular weight excluding hydrogens is 561 g/mol. The number of quaternary nitrogens is 1. The third kappa shape index (κ3) is 28.5. The second-order valence-electron chi connectivity index (χ2n) is 11.8. The standard InChI is InChI=1S/C31H58NO9P/c1-5-6-7-8-9-10-11-12-13-14-15-16-19-22-30(34)38-27-29(41-31(35)23-20-17-18-21-25-33)28-40-42(36,37)39-26-24-32(2,3)4/h18,21,25,29H,5-17,19-20,22-24,26-28H2,1-4H3/b21-18+/t29-/m1/s1. The van der Waals surface area contributed by atoms with Gasteiger partial charge >= 0.3 is 11.9 Å². The fraction of sp³-hybridized carbons (Fsp3) is 0.839. The van der Waals surface area contributed by atoms with Crippen molar-refractivity contribution < 1.29 is 46.8 Å². The first kappa shape index (κ1) is 40.4. The predicted molar refractivity (Wildman–Crippen MR) is 163 cm³/mol. The smallest absolute Gasteiger partial charge is 0.306 e. The molecule has 0 saturated heterocycles. The second-order valence-corrected chi connectivity index (χ2v) is 13.2. The molecular formula is C31H58NO9P. The van der Waals surface area contributed by atoms with E-state index in [0.29, 0.717) is 36.6 Å². The average molecular weight is 620 g/mol. The largest absolute Gasteiger partial charge is 0.756 e. The number of carbonyl (C=O) groups excluding carboxylic acids is 3. The molecule has 0 spiro atoms. The molecule has 0 fully saturated rings. The van der Waals surface area contributed by atoms with Crippen molar-refractivity contribution in [1.29, 1.82) is 0 Å². The normalized spacial score (nSPS) is 14.0. The van der Waals surface area contributed by atoms with Crippen LogP contribution in [0, 0.1) is 0 Å². The quantitative estimate of drug-likeness (QED) is 0.0245. The molecule has 0 aliphatic heterocycles. The highest BCUT2D eigenvalue weighted by atomic mass is 31.2. The molecule has 246 valence electrons. The molecule has 0 aliphatic carbocycles. The number of hydrogen-bond donors (Lipinski definition) is 0. The monoisotopic (exact) mass is 619 g/mol. The van der Waals surface area contributed by atoms with Crippen molar-refractivity contribution in [2.24, 2.45) is 0 Å². The summed E-state index contributed by atoms with van der Waals surface area (Å²) in [7, 11) is 1.06. The van der Waals surface area contributed by atoms with E-state index in [1.165, 1.54) is 63.9 Å². The Morgan fingerprint density at radius 1 is 0.786 bits per heavy atom. The molecule has 0 amide bonds. The van der Waals surface area contributed by atoms with Crippen LogP contribution in [0.5, 0.6) is 0 Å². The molecule has 2 atom stereocenters. The number of phosphoric acid groups is 1. The van der Waals surface area contributed by atoms with E-state index in [1.54, 1.807) is 6.08 Å². The topological polar surface area (TPSA) is 128 Å². The van der Waals surface area contributed by atoms with E-state index in [0.717, 1.165) is 19.3 Å². The zero-order valence-electron chi connectivity index (χ0n) is 26.7. The molecule has 0 saturated carbocycles. The van der Waals surface area contributed by atoms with Gasteiger partial charge in [-0.1, -0.05) is 90.0 Å². The molecule has 11 heteroatoms. The van der Waals surface area contributed by atoms with Gasteiger partial charge in [-0.3, -0.25) is 18.9 Å². The average Bonchev–Trinajstić information content (AvgIpc) is 2.91. The summed E-state index contributed by atoms with van der Waals surface area (Å²) in [5.41, 5.74) is 0. The predicted octanol–water partition coefficient (Wildman–Crippen LogP) is 6.06. The molecule has 0 aromatic heterocycles. The summed E-state index contributed by atoms with van der Waals surface area (Å²) in [6.45, 7) is 1.79. The molecule has 0 aromatic carbocycles. The van der Waals surface area contributed by atoms with Crippen LogP contribution in [0.4, 0.5) is 0 Å². The van der Waals surface area contributed by atoms with Gasteiger partial charge in [-0.25, -0.2) is 0 Å². The molecule has 0 aliphatic rings. The lowest BCUT2D eigenvalue weighted by atomic mass is 10.0. The van der Waals surface area contributed by atoms with Crippen molar-refractivity contribution in [3.63, 3.8) is 0 Å². The number of hydrogen-bond acceptors (Lipinski definition) is 9. The van der Waals surface area contributed by atoms with Crippen molar-refractivity contribution in [3.05, 3.63) is 12.2 Å². The van der Waals surface area contributed by atoms with Crippen LogP contribution in [0.3, 0.4) is 0 Å². The molecule has 42 heavy (non-hydrogen) atoms. The molecule has 10 nitrogen and oxygen atoms in total. The van der Waals surface area contributed by atoms with Gasteiger partial charge in [0.25, 0.3) is 7.82 Å². The lowest BCUT2D eigenvalue weighted by molar-refractivity contribution is -0.870. The summed E-state index contributed by atoms with van der Waals surface area (Å²) < 4.78 is 33.1. The van der Waals surface area contributed by atoms with Crippen LogP contribution in [0.25, 0.3) is 0 Å². The Morgan fingerprint density at radius 2 is 1.33 bits per heavy atom. The van der Waals surface area contributed by atoms with E-state index in [9.17, 15) is 23.8 Å². The number of aldehydes is 1. The highest BCUT2D eigenvalue weighted by molar-refractivity contribution is 7.45.